The second-order valence-corrected chi connectivity index (χ2v) is 6.35. The standard InChI is InChI=1S/C23H24N2O2/c1-2-3-15-27-22-14-7-5-10-20(22)17-24-25-23(26)16-19-12-8-11-18-9-4-6-13-21(18)19/h4-14,17H,2-3,15-16H2,1H3,(H,25,26)/b24-17-. The molecule has 0 fully saturated rings. The minimum Gasteiger partial charge on any atom is -0.493 e. The van der Waals surface area contributed by atoms with E-state index >= 15 is 0 Å². The predicted octanol–water partition coefficient (Wildman–Crippen LogP) is 4.71. The highest BCUT2D eigenvalue weighted by atomic mass is 16.5. The molecule has 3 aromatic rings. The summed E-state index contributed by atoms with van der Waals surface area (Å²) in [6, 6.07) is 21.7. The number of ether oxygens (including phenoxy) is 1. The summed E-state index contributed by atoms with van der Waals surface area (Å²) >= 11 is 0. The van der Waals surface area contributed by atoms with Gasteiger partial charge in [-0.1, -0.05) is 67.9 Å². The van der Waals surface area contributed by atoms with Crippen LogP contribution in [0.5, 0.6) is 5.75 Å². The van der Waals surface area contributed by atoms with Gasteiger partial charge in [0.05, 0.1) is 19.2 Å². The number of hydrogen-bond acceptors (Lipinski definition) is 3. The highest BCUT2D eigenvalue weighted by molar-refractivity contribution is 5.91. The van der Waals surface area contributed by atoms with E-state index in [0.29, 0.717) is 6.61 Å². The third-order valence-corrected chi connectivity index (χ3v) is 4.30. The molecule has 138 valence electrons. The van der Waals surface area contributed by atoms with Crippen molar-refractivity contribution in [3.05, 3.63) is 77.9 Å². The Hall–Kier alpha value is -3.14. The van der Waals surface area contributed by atoms with Crippen LogP contribution in [0.1, 0.15) is 30.9 Å². The fourth-order valence-electron chi connectivity index (χ4n) is 2.88. The summed E-state index contributed by atoms with van der Waals surface area (Å²) in [5.74, 6) is 0.630. The monoisotopic (exact) mass is 360 g/mol. The van der Waals surface area contributed by atoms with E-state index in [0.717, 1.165) is 40.5 Å². The van der Waals surface area contributed by atoms with Crippen molar-refractivity contribution in [3.63, 3.8) is 0 Å². The van der Waals surface area contributed by atoms with Gasteiger partial charge in [-0.05, 0) is 34.9 Å². The Kier molecular flexibility index (Phi) is 6.58. The van der Waals surface area contributed by atoms with Gasteiger partial charge in [0.15, 0.2) is 0 Å². The number of rotatable bonds is 8. The van der Waals surface area contributed by atoms with Crippen LogP contribution in [0.3, 0.4) is 0 Å². The summed E-state index contributed by atoms with van der Waals surface area (Å²) < 4.78 is 5.77. The average molecular weight is 360 g/mol. The first-order valence-electron chi connectivity index (χ1n) is 9.28. The summed E-state index contributed by atoms with van der Waals surface area (Å²) in [4.78, 5) is 12.3. The van der Waals surface area contributed by atoms with Crippen molar-refractivity contribution in [2.75, 3.05) is 6.61 Å². The van der Waals surface area contributed by atoms with E-state index in [1.54, 1.807) is 6.21 Å². The van der Waals surface area contributed by atoms with Crippen molar-refractivity contribution in [1.29, 1.82) is 0 Å². The summed E-state index contributed by atoms with van der Waals surface area (Å²) in [6.45, 7) is 2.80. The molecule has 1 N–H and O–H groups in total. The fraction of sp³-hybridized carbons (Fsp3) is 0.217. The average Bonchev–Trinajstić information content (AvgIpc) is 2.70. The number of benzene rings is 3. The maximum absolute atomic E-state index is 12.3. The minimum absolute atomic E-state index is 0.146. The molecule has 0 aliphatic heterocycles. The fourth-order valence-corrected chi connectivity index (χ4v) is 2.88. The molecule has 0 bridgehead atoms. The quantitative estimate of drug-likeness (QED) is 0.359. The molecule has 0 aromatic heterocycles. The number of amides is 1. The molecule has 0 heterocycles. The van der Waals surface area contributed by atoms with E-state index in [-0.39, 0.29) is 12.3 Å². The molecule has 0 aliphatic carbocycles. The summed E-state index contributed by atoms with van der Waals surface area (Å²) in [5, 5.41) is 6.32. The number of para-hydroxylation sites is 1. The van der Waals surface area contributed by atoms with Crippen LogP contribution in [-0.4, -0.2) is 18.7 Å². The van der Waals surface area contributed by atoms with Crippen LogP contribution in [0.2, 0.25) is 0 Å². The Balaban J connectivity index is 1.62. The van der Waals surface area contributed by atoms with Gasteiger partial charge in [-0.25, -0.2) is 5.43 Å². The third-order valence-electron chi connectivity index (χ3n) is 4.30. The lowest BCUT2D eigenvalue weighted by Crippen LogP contribution is -2.20. The summed E-state index contributed by atoms with van der Waals surface area (Å²) in [6.07, 6.45) is 4.00. The minimum atomic E-state index is -0.146. The van der Waals surface area contributed by atoms with Gasteiger partial charge in [-0.15, -0.1) is 0 Å². The zero-order valence-electron chi connectivity index (χ0n) is 15.5. The normalized spacial score (nSPS) is 11.0. The van der Waals surface area contributed by atoms with Crippen molar-refractivity contribution in [2.24, 2.45) is 5.10 Å². The number of nitrogens with zero attached hydrogens (tertiary/aromatic N) is 1. The van der Waals surface area contributed by atoms with E-state index in [4.69, 9.17) is 4.74 Å². The second kappa shape index (κ2) is 9.53. The first-order chi connectivity index (χ1) is 13.3. The van der Waals surface area contributed by atoms with Gasteiger partial charge in [0.25, 0.3) is 0 Å². The number of carbonyl (C=O) groups is 1. The lowest BCUT2D eigenvalue weighted by molar-refractivity contribution is -0.120. The van der Waals surface area contributed by atoms with E-state index in [2.05, 4.69) is 17.5 Å². The van der Waals surface area contributed by atoms with Crippen LogP contribution in [-0.2, 0) is 11.2 Å². The van der Waals surface area contributed by atoms with Gasteiger partial charge in [0, 0.05) is 5.56 Å². The van der Waals surface area contributed by atoms with Gasteiger partial charge in [-0.2, -0.15) is 5.10 Å². The lowest BCUT2D eigenvalue weighted by atomic mass is 10.0. The van der Waals surface area contributed by atoms with E-state index < -0.39 is 0 Å². The first kappa shape index (κ1) is 18.6. The Morgan fingerprint density at radius 3 is 2.70 bits per heavy atom. The molecule has 0 spiro atoms. The molecule has 0 radical (unpaired) electrons. The molecular weight excluding hydrogens is 336 g/mol. The van der Waals surface area contributed by atoms with Crippen molar-refractivity contribution in [2.45, 2.75) is 26.2 Å². The van der Waals surface area contributed by atoms with E-state index in [1.807, 2.05) is 66.7 Å². The van der Waals surface area contributed by atoms with Crippen LogP contribution < -0.4 is 10.2 Å². The predicted molar refractivity (Wildman–Crippen MR) is 110 cm³/mol. The van der Waals surface area contributed by atoms with Crippen LogP contribution >= 0.6 is 0 Å². The third kappa shape index (κ3) is 5.17. The van der Waals surface area contributed by atoms with Crippen molar-refractivity contribution in [1.82, 2.24) is 5.43 Å². The first-order valence-corrected chi connectivity index (χ1v) is 9.28. The zero-order chi connectivity index (χ0) is 18.9. The van der Waals surface area contributed by atoms with E-state index in [9.17, 15) is 4.79 Å². The van der Waals surface area contributed by atoms with Gasteiger partial charge >= 0.3 is 0 Å². The van der Waals surface area contributed by atoms with Gasteiger partial charge in [-0.3, -0.25) is 4.79 Å². The Morgan fingerprint density at radius 1 is 1.04 bits per heavy atom. The summed E-state index contributed by atoms with van der Waals surface area (Å²) in [7, 11) is 0. The maximum atomic E-state index is 12.3. The largest absolute Gasteiger partial charge is 0.493 e. The Labute approximate surface area is 159 Å². The highest BCUT2D eigenvalue weighted by Gasteiger charge is 2.06. The van der Waals surface area contributed by atoms with Gasteiger partial charge in [0.1, 0.15) is 5.75 Å². The van der Waals surface area contributed by atoms with E-state index in [1.165, 1.54) is 0 Å². The molecule has 1 amide bonds. The molecule has 4 heteroatoms. The van der Waals surface area contributed by atoms with Crippen molar-refractivity contribution >= 4 is 22.9 Å². The molecule has 3 rings (SSSR count). The van der Waals surface area contributed by atoms with Crippen LogP contribution in [0.25, 0.3) is 10.8 Å². The number of hydrogen-bond donors (Lipinski definition) is 1. The highest BCUT2D eigenvalue weighted by Crippen LogP contribution is 2.19. The van der Waals surface area contributed by atoms with Crippen molar-refractivity contribution < 1.29 is 9.53 Å². The Bertz CT molecular complexity index is 929. The number of fused-ring (bicyclic) bond motifs is 1. The topological polar surface area (TPSA) is 50.7 Å². The molecule has 4 nitrogen and oxygen atoms in total. The Morgan fingerprint density at radius 2 is 1.81 bits per heavy atom. The zero-order valence-corrected chi connectivity index (χ0v) is 15.5. The van der Waals surface area contributed by atoms with Gasteiger partial charge < -0.3 is 4.74 Å². The molecule has 0 saturated carbocycles. The molecular formula is C23H24N2O2. The lowest BCUT2D eigenvalue weighted by Gasteiger charge is -2.08. The smallest absolute Gasteiger partial charge is 0.244 e. The molecule has 0 saturated heterocycles. The van der Waals surface area contributed by atoms with Crippen LogP contribution in [0.15, 0.2) is 71.8 Å². The summed E-state index contributed by atoms with van der Waals surface area (Å²) in [5.41, 5.74) is 4.45. The SMILES string of the molecule is CCCCOc1ccccc1/C=N\NC(=O)Cc1cccc2ccccc12. The maximum Gasteiger partial charge on any atom is 0.244 e. The molecule has 27 heavy (non-hydrogen) atoms. The molecule has 0 aliphatic rings. The van der Waals surface area contributed by atoms with Crippen molar-refractivity contribution in [3.8, 4) is 5.75 Å². The second-order valence-electron chi connectivity index (χ2n) is 6.35. The molecule has 0 atom stereocenters. The number of hydrazone groups is 1. The van der Waals surface area contributed by atoms with Crippen LogP contribution in [0.4, 0.5) is 0 Å². The number of nitrogens with one attached hydrogen (secondary N) is 1. The molecule has 3 aromatic carbocycles. The van der Waals surface area contributed by atoms with Gasteiger partial charge in [0.2, 0.25) is 5.91 Å². The molecule has 0 unspecified atom stereocenters. The van der Waals surface area contributed by atoms with Crippen LogP contribution in [0, 0.1) is 0 Å². The number of carbonyl (C=O) groups excluding carboxylic acids is 1. The number of unbranched alkanes of at least 4 members (excludes halogenated alkanes) is 1.